The van der Waals surface area contributed by atoms with E-state index < -0.39 is 29.0 Å². The van der Waals surface area contributed by atoms with E-state index in [1.165, 1.54) is 6.20 Å². The highest BCUT2D eigenvalue weighted by Crippen LogP contribution is 2.37. The number of carbonyl (C=O) groups is 1. The van der Waals surface area contributed by atoms with E-state index in [1.807, 2.05) is 0 Å². The Labute approximate surface area is 110 Å². The van der Waals surface area contributed by atoms with Crippen molar-refractivity contribution in [3.8, 4) is 11.3 Å². The quantitative estimate of drug-likeness (QED) is 0.862. The number of nitrogen functional groups attached to an aromatic ring is 1. The maximum absolute atomic E-state index is 12.9. The molecule has 2 rings (SSSR count). The molecule has 2 heterocycles. The summed E-state index contributed by atoms with van der Waals surface area (Å²) in [6, 6.07) is 2.00. The summed E-state index contributed by atoms with van der Waals surface area (Å²) < 4.78 is 38.7. The first-order chi connectivity index (χ1) is 9.32. The summed E-state index contributed by atoms with van der Waals surface area (Å²) in [5, 5.41) is 6.83. The molecule has 0 bridgehead atoms. The molecule has 0 saturated heterocycles. The SMILES string of the molecule is NC(=O)c1nncc(-c2ncccc2C(F)(F)F)c1N. The molecule has 0 fully saturated rings. The molecular formula is C11H8F3N5O. The smallest absolute Gasteiger partial charge is 0.396 e. The summed E-state index contributed by atoms with van der Waals surface area (Å²) in [5.74, 6) is -0.985. The highest BCUT2D eigenvalue weighted by molar-refractivity contribution is 5.99. The first-order valence-corrected chi connectivity index (χ1v) is 5.26. The van der Waals surface area contributed by atoms with Gasteiger partial charge in [0.2, 0.25) is 0 Å². The molecule has 1 amide bonds. The van der Waals surface area contributed by atoms with Crippen LogP contribution in [-0.4, -0.2) is 21.1 Å². The van der Waals surface area contributed by atoms with E-state index in [0.29, 0.717) is 0 Å². The van der Waals surface area contributed by atoms with Crippen LogP contribution in [0.25, 0.3) is 11.3 Å². The van der Waals surface area contributed by atoms with Crippen molar-refractivity contribution in [3.63, 3.8) is 0 Å². The van der Waals surface area contributed by atoms with Gasteiger partial charge in [0.25, 0.3) is 5.91 Å². The monoisotopic (exact) mass is 283 g/mol. The molecule has 0 atom stereocenters. The van der Waals surface area contributed by atoms with Gasteiger partial charge in [-0.05, 0) is 12.1 Å². The summed E-state index contributed by atoms with van der Waals surface area (Å²) in [6.45, 7) is 0. The Morgan fingerprint density at radius 3 is 2.60 bits per heavy atom. The van der Waals surface area contributed by atoms with E-state index >= 15 is 0 Å². The van der Waals surface area contributed by atoms with E-state index in [1.54, 1.807) is 0 Å². The van der Waals surface area contributed by atoms with Crippen molar-refractivity contribution in [3.05, 3.63) is 35.8 Å². The third-order valence-corrected chi connectivity index (χ3v) is 2.49. The zero-order valence-electron chi connectivity index (χ0n) is 9.85. The molecule has 0 aliphatic carbocycles. The second kappa shape index (κ2) is 4.76. The lowest BCUT2D eigenvalue weighted by Crippen LogP contribution is -2.17. The Morgan fingerprint density at radius 1 is 1.30 bits per heavy atom. The Morgan fingerprint density at radius 2 is 2.00 bits per heavy atom. The molecule has 0 aliphatic heterocycles. The number of pyridine rings is 1. The number of anilines is 1. The number of alkyl halides is 3. The van der Waals surface area contributed by atoms with Crippen LogP contribution < -0.4 is 11.5 Å². The number of hydrogen-bond donors (Lipinski definition) is 2. The fraction of sp³-hybridized carbons (Fsp3) is 0.0909. The van der Waals surface area contributed by atoms with E-state index in [4.69, 9.17) is 11.5 Å². The first-order valence-electron chi connectivity index (χ1n) is 5.26. The van der Waals surface area contributed by atoms with Gasteiger partial charge in [0.05, 0.1) is 23.1 Å². The fourth-order valence-electron chi connectivity index (χ4n) is 1.61. The summed E-state index contributed by atoms with van der Waals surface area (Å²) >= 11 is 0. The molecule has 4 N–H and O–H groups in total. The molecule has 2 aromatic heterocycles. The highest BCUT2D eigenvalue weighted by Gasteiger charge is 2.35. The summed E-state index contributed by atoms with van der Waals surface area (Å²) in [7, 11) is 0. The maximum Gasteiger partial charge on any atom is 0.418 e. The number of primary amides is 1. The molecule has 9 heteroatoms. The predicted molar refractivity (Wildman–Crippen MR) is 63.2 cm³/mol. The summed E-state index contributed by atoms with van der Waals surface area (Å²) in [6.07, 6.45) is -2.44. The van der Waals surface area contributed by atoms with Crippen LogP contribution in [0, 0.1) is 0 Å². The Hall–Kier alpha value is -2.71. The predicted octanol–water partition coefficient (Wildman–Crippen LogP) is 1.24. The van der Waals surface area contributed by atoms with Gasteiger partial charge in [-0.15, -0.1) is 5.10 Å². The van der Waals surface area contributed by atoms with E-state index in [-0.39, 0.29) is 11.3 Å². The third-order valence-electron chi connectivity index (χ3n) is 2.49. The zero-order valence-corrected chi connectivity index (χ0v) is 9.85. The van der Waals surface area contributed by atoms with Crippen molar-refractivity contribution in [2.24, 2.45) is 5.73 Å². The third kappa shape index (κ3) is 2.37. The van der Waals surface area contributed by atoms with Gasteiger partial charge < -0.3 is 11.5 Å². The van der Waals surface area contributed by atoms with E-state index in [2.05, 4.69) is 15.2 Å². The highest BCUT2D eigenvalue weighted by atomic mass is 19.4. The number of hydrogen-bond acceptors (Lipinski definition) is 5. The number of nitrogens with two attached hydrogens (primary N) is 2. The van der Waals surface area contributed by atoms with Crippen molar-refractivity contribution in [2.75, 3.05) is 5.73 Å². The minimum absolute atomic E-state index is 0.151. The Balaban J connectivity index is 2.70. The zero-order chi connectivity index (χ0) is 14.9. The second-order valence-corrected chi connectivity index (χ2v) is 3.78. The molecule has 0 aliphatic rings. The molecule has 0 radical (unpaired) electrons. The topological polar surface area (TPSA) is 108 Å². The number of rotatable bonds is 2. The van der Waals surface area contributed by atoms with Crippen LogP contribution in [-0.2, 0) is 6.18 Å². The molecule has 6 nitrogen and oxygen atoms in total. The summed E-state index contributed by atoms with van der Waals surface area (Å²) in [4.78, 5) is 14.7. The van der Waals surface area contributed by atoms with Crippen LogP contribution in [0.2, 0.25) is 0 Å². The number of halogens is 3. The van der Waals surface area contributed by atoms with E-state index in [0.717, 1.165) is 18.3 Å². The van der Waals surface area contributed by atoms with Crippen molar-refractivity contribution in [2.45, 2.75) is 6.18 Å². The van der Waals surface area contributed by atoms with Gasteiger partial charge in [-0.2, -0.15) is 18.3 Å². The minimum atomic E-state index is -4.62. The lowest BCUT2D eigenvalue weighted by Gasteiger charge is -2.13. The van der Waals surface area contributed by atoms with Crippen LogP contribution >= 0.6 is 0 Å². The van der Waals surface area contributed by atoms with Crippen LogP contribution in [0.3, 0.4) is 0 Å². The average molecular weight is 283 g/mol. The molecule has 0 unspecified atom stereocenters. The summed E-state index contributed by atoms with van der Waals surface area (Å²) in [5.41, 5.74) is 8.37. The fourth-order valence-corrected chi connectivity index (χ4v) is 1.61. The number of amides is 1. The van der Waals surface area contributed by atoms with Crippen LogP contribution in [0.1, 0.15) is 16.1 Å². The van der Waals surface area contributed by atoms with Gasteiger partial charge >= 0.3 is 6.18 Å². The van der Waals surface area contributed by atoms with Gasteiger partial charge in [-0.1, -0.05) is 0 Å². The average Bonchev–Trinajstić information content (AvgIpc) is 2.37. The van der Waals surface area contributed by atoms with Gasteiger partial charge in [-0.3, -0.25) is 9.78 Å². The Bertz CT molecular complexity index is 671. The lowest BCUT2D eigenvalue weighted by molar-refractivity contribution is -0.137. The standard InChI is InChI=1S/C11H8F3N5O/c12-11(13,14)6-2-1-3-17-8(6)5-4-18-19-9(7(5)15)10(16)20/h1-4H,(H2,15,18)(H2,16,20). The molecule has 0 aromatic carbocycles. The maximum atomic E-state index is 12.9. The molecular weight excluding hydrogens is 275 g/mol. The van der Waals surface area contributed by atoms with Crippen molar-refractivity contribution >= 4 is 11.6 Å². The van der Waals surface area contributed by atoms with Gasteiger partial charge in [0.1, 0.15) is 0 Å². The largest absolute Gasteiger partial charge is 0.418 e. The van der Waals surface area contributed by atoms with Crippen molar-refractivity contribution in [1.29, 1.82) is 0 Å². The first kappa shape index (κ1) is 13.7. The number of nitrogens with zero attached hydrogens (tertiary/aromatic N) is 3. The molecule has 0 spiro atoms. The second-order valence-electron chi connectivity index (χ2n) is 3.78. The van der Waals surface area contributed by atoms with Gasteiger partial charge in [0, 0.05) is 11.8 Å². The van der Waals surface area contributed by atoms with E-state index in [9.17, 15) is 18.0 Å². The molecule has 2 aromatic rings. The molecule has 0 saturated carbocycles. The Kier molecular flexibility index (Phi) is 3.26. The van der Waals surface area contributed by atoms with Crippen molar-refractivity contribution in [1.82, 2.24) is 15.2 Å². The lowest BCUT2D eigenvalue weighted by atomic mass is 10.0. The van der Waals surface area contributed by atoms with Crippen LogP contribution in [0.5, 0.6) is 0 Å². The minimum Gasteiger partial charge on any atom is -0.396 e. The van der Waals surface area contributed by atoms with Crippen LogP contribution in [0.4, 0.5) is 18.9 Å². The van der Waals surface area contributed by atoms with Crippen LogP contribution in [0.15, 0.2) is 24.5 Å². The van der Waals surface area contributed by atoms with Gasteiger partial charge in [-0.25, -0.2) is 0 Å². The molecule has 20 heavy (non-hydrogen) atoms. The van der Waals surface area contributed by atoms with Crippen molar-refractivity contribution < 1.29 is 18.0 Å². The van der Waals surface area contributed by atoms with Gasteiger partial charge in [0.15, 0.2) is 5.69 Å². The molecule has 104 valence electrons. The number of aromatic nitrogens is 3. The number of carbonyl (C=O) groups excluding carboxylic acids is 1. The normalized spacial score (nSPS) is 11.3.